The van der Waals surface area contributed by atoms with Gasteiger partial charge in [-0.05, 0) is 98.0 Å². The Labute approximate surface area is 443 Å². The van der Waals surface area contributed by atoms with E-state index in [0.717, 1.165) is 32.2 Å². The Kier molecular flexibility index (Phi) is 13.8. The van der Waals surface area contributed by atoms with Crippen LogP contribution in [0.4, 0.5) is 37.8 Å². The number of phenols is 1. The van der Waals surface area contributed by atoms with Crippen LogP contribution in [-0.4, -0.2) is 162 Å². The van der Waals surface area contributed by atoms with Gasteiger partial charge in [0.1, 0.15) is 51.6 Å². The van der Waals surface area contributed by atoms with Crippen molar-refractivity contribution in [1.82, 2.24) is 40.3 Å². The van der Waals surface area contributed by atoms with Gasteiger partial charge in [-0.25, -0.2) is 26.3 Å². The molecule has 0 radical (unpaired) electrons. The number of alkyl halides is 2. The standard InChI is InChI=1S/C57H66F6N10O4/c1-2-39-43(58)7-3-34-23-38(74)26-41(47(34)39)50-49(61)51-42(27-64-50)52(73-28-35-4-5-36(29-73)65-35)68-54(67-51)77-33-55(9-10-55)30-69-15-11-56(62,12-16-69)31-70-19-21-71(22-20-70)32-57(63)13-17-72(18-14-57)37-24-44(59)48(45(60)25-37)40-6-8-46(75)66-53(40)76/h3,7,23-27,35-36,40,65,74H,2,4-6,8-22,28-33H2,1H3,(H,66,75,76). The summed E-state index contributed by atoms with van der Waals surface area (Å²) < 4.78 is 102. The van der Waals surface area contributed by atoms with Crippen LogP contribution in [0.1, 0.15) is 88.2 Å². The minimum absolute atomic E-state index is 0.00304. The molecule has 3 atom stereocenters. The lowest BCUT2D eigenvalue weighted by molar-refractivity contribution is -0.134. The predicted molar refractivity (Wildman–Crippen MR) is 280 cm³/mol. The highest BCUT2D eigenvalue weighted by molar-refractivity contribution is 6.02. The van der Waals surface area contributed by atoms with Crippen molar-refractivity contribution in [2.24, 2.45) is 5.41 Å². The number of carbonyl (C=O) groups excluding carboxylic acids is 2. The summed E-state index contributed by atoms with van der Waals surface area (Å²) in [7, 11) is 0. The maximum Gasteiger partial charge on any atom is 0.319 e. The summed E-state index contributed by atoms with van der Waals surface area (Å²) in [6.45, 7) is 8.97. The van der Waals surface area contributed by atoms with Crippen LogP contribution in [0.5, 0.6) is 11.8 Å². The fourth-order valence-corrected chi connectivity index (χ4v) is 13.3. The number of benzene rings is 3. The molecule has 2 amide bonds. The molecule has 20 heteroatoms. The SMILES string of the molecule is CCc1c(F)ccc2cc(O)cc(-c3ncc4c(N5CC6CCC(C5)N6)nc(OCC5(CN6CCC(F)(CN7CCN(CC8(F)CCN(c9cc(F)c(C%10CCC(=O)NC%10=O)c(F)c9)CC8)CC7)CC6)CC5)nc4c3F)c12. The molecule has 5 aromatic rings. The summed E-state index contributed by atoms with van der Waals surface area (Å²) in [6.07, 6.45) is 7.00. The van der Waals surface area contributed by atoms with Crippen molar-refractivity contribution in [2.45, 2.75) is 107 Å². The van der Waals surface area contributed by atoms with Crippen molar-refractivity contribution in [2.75, 3.05) is 101 Å². The number of fused-ring (bicyclic) bond motifs is 4. The number of imide groups is 1. The largest absolute Gasteiger partial charge is 0.508 e. The van der Waals surface area contributed by atoms with Gasteiger partial charge in [0.15, 0.2) is 5.82 Å². The third kappa shape index (κ3) is 10.5. The molecule has 2 aromatic heterocycles. The van der Waals surface area contributed by atoms with Crippen molar-refractivity contribution in [3.8, 4) is 23.0 Å². The molecule has 7 aliphatic rings. The van der Waals surface area contributed by atoms with E-state index >= 15 is 26.3 Å². The van der Waals surface area contributed by atoms with Gasteiger partial charge in [0.05, 0.1) is 17.9 Å². The number of pyridine rings is 1. The van der Waals surface area contributed by atoms with Crippen LogP contribution in [-0.2, 0) is 16.0 Å². The van der Waals surface area contributed by atoms with Crippen LogP contribution in [0.15, 0.2) is 42.6 Å². The number of aryl methyl sites for hydroxylation is 1. The van der Waals surface area contributed by atoms with Gasteiger partial charge < -0.3 is 29.9 Å². The molecule has 3 aromatic carbocycles. The Hall–Kier alpha value is -5.83. The fourth-order valence-electron chi connectivity index (χ4n) is 13.3. The number of hydrogen-bond acceptors (Lipinski definition) is 13. The van der Waals surface area contributed by atoms with Crippen LogP contribution >= 0.6 is 0 Å². The Morgan fingerprint density at radius 2 is 1.38 bits per heavy atom. The van der Waals surface area contributed by atoms with Gasteiger partial charge in [-0.15, -0.1) is 0 Å². The zero-order valence-electron chi connectivity index (χ0n) is 43.5. The molecule has 6 aliphatic heterocycles. The van der Waals surface area contributed by atoms with E-state index in [4.69, 9.17) is 14.7 Å². The Morgan fingerprint density at radius 3 is 2.00 bits per heavy atom. The average Bonchev–Trinajstić information content (AvgIpc) is 4.15. The first-order valence-corrected chi connectivity index (χ1v) is 27.6. The van der Waals surface area contributed by atoms with Crippen molar-refractivity contribution in [3.05, 3.63) is 77.0 Å². The molecule has 1 saturated carbocycles. The fraction of sp³-hybridized carbons (Fsp3) is 0.561. The molecule has 77 heavy (non-hydrogen) atoms. The first-order chi connectivity index (χ1) is 37.0. The highest BCUT2D eigenvalue weighted by Crippen LogP contribution is 2.48. The number of piperidine rings is 3. The first-order valence-electron chi connectivity index (χ1n) is 27.6. The van der Waals surface area contributed by atoms with Gasteiger partial charge in [-0.2, -0.15) is 9.97 Å². The van der Waals surface area contributed by atoms with Crippen molar-refractivity contribution < 1.29 is 45.8 Å². The molecule has 12 rings (SSSR count). The van der Waals surface area contributed by atoms with E-state index in [0.29, 0.717) is 118 Å². The number of piperazine rings is 2. The smallest absolute Gasteiger partial charge is 0.319 e. The number of hydrogen-bond donors (Lipinski definition) is 3. The maximum absolute atomic E-state index is 17.2. The Bertz CT molecular complexity index is 3070. The van der Waals surface area contributed by atoms with E-state index in [2.05, 4.69) is 35.2 Å². The van der Waals surface area contributed by atoms with Crippen LogP contribution in [0.2, 0.25) is 0 Å². The molecule has 6 saturated heterocycles. The third-order valence-corrected chi connectivity index (χ3v) is 17.9. The van der Waals surface area contributed by atoms with Gasteiger partial charge >= 0.3 is 6.01 Å². The summed E-state index contributed by atoms with van der Waals surface area (Å²) in [6, 6.07) is 8.86. The molecular weight excluding hydrogens is 1000 g/mol. The molecule has 410 valence electrons. The molecule has 0 spiro atoms. The number of nitrogens with one attached hydrogen (secondary N) is 2. The third-order valence-electron chi connectivity index (χ3n) is 17.9. The lowest BCUT2D eigenvalue weighted by atomic mass is 9.89. The lowest BCUT2D eigenvalue weighted by Gasteiger charge is -2.44. The second kappa shape index (κ2) is 20.4. The summed E-state index contributed by atoms with van der Waals surface area (Å²) in [5, 5.41) is 18.0. The van der Waals surface area contributed by atoms with Crippen molar-refractivity contribution in [3.63, 3.8) is 0 Å². The lowest BCUT2D eigenvalue weighted by Crippen LogP contribution is -2.56. The van der Waals surface area contributed by atoms with Crippen LogP contribution in [0.3, 0.4) is 0 Å². The zero-order chi connectivity index (χ0) is 53.4. The van der Waals surface area contributed by atoms with E-state index in [1.54, 1.807) is 17.2 Å². The Balaban J connectivity index is 0.647. The van der Waals surface area contributed by atoms with E-state index in [1.807, 2.05) is 6.92 Å². The second-order valence-electron chi connectivity index (χ2n) is 23.3. The second-order valence-corrected chi connectivity index (χ2v) is 23.3. The molecule has 14 nitrogen and oxygen atoms in total. The van der Waals surface area contributed by atoms with Crippen molar-refractivity contribution in [1.29, 1.82) is 0 Å². The first kappa shape index (κ1) is 51.9. The number of aromatic nitrogens is 3. The summed E-state index contributed by atoms with van der Waals surface area (Å²) in [4.78, 5) is 48.6. The molecule has 1 aliphatic carbocycles. The topological polar surface area (TPSA) is 143 Å². The number of amides is 2. The van der Waals surface area contributed by atoms with E-state index < -0.39 is 52.3 Å². The molecule has 2 bridgehead atoms. The maximum atomic E-state index is 17.2. The zero-order valence-corrected chi connectivity index (χ0v) is 43.5. The number of carbonyl (C=O) groups is 2. The number of rotatable bonds is 14. The summed E-state index contributed by atoms with van der Waals surface area (Å²) in [5.41, 5.74) is -2.44. The molecule has 3 unspecified atom stereocenters. The van der Waals surface area contributed by atoms with Gasteiger partial charge in [0.2, 0.25) is 11.8 Å². The normalized spacial score (nSPS) is 24.7. The number of likely N-dealkylation sites (tertiary alicyclic amines) is 1. The summed E-state index contributed by atoms with van der Waals surface area (Å²) >= 11 is 0. The highest BCUT2D eigenvalue weighted by Gasteiger charge is 2.47. The van der Waals surface area contributed by atoms with Crippen LogP contribution in [0.25, 0.3) is 32.9 Å². The summed E-state index contributed by atoms with van der Waals surface area (Å²) in [5.74, 6) is -4.67. The van der Waals surface area contributed by atoms with Gasteiger partial charge in [0.25, 0.3) is 0 Å². The predicted octanol–water partition coefficient (Wildman–Crippen LogP) is 7.72. The number of phenolic OH excluding ortho intramolecular Hbond substituents is 1. The number of anilines is 2. The molecule has 8 heterocycles. The number of halogens is 6. The van der Waals surface area contributed by atoms with E-state index in [9.17, 15) is 14.7 Å². The molecular formula is C57H66F6N10O4. The minimum Gasteiger partial charge on any atom is -0.508 e. The molecule has 3 N–H and O–H groups in total. The van der Waals surface area contributed by atoms with Gasteiger partial charge in [0, 0.05) is 145 Å². The number of ether oxygens (including phenoxy) is 1. The molecule has 7 fully saturated rings. The average molecular weight is 1070 g/mol. The van der Waals surface area contributed by atoms with Gasteiger partial charge in [-0.3, -0.25) is 29.7 Å². The highest BCUT2D eigenvalue weighted by atomic mass is 19.2. The van der Waals surface area contributed by atoms with Crippen LogP contribution in [0, 0.1) is 28.7 Å². The van der Waals surface area contributed by atoms with Crippen LogP contribution < -0.4 is 25.2 Å². The minimum atomic E-state index is -1.48. The quantitative estimate of drug-likeness (QED) is 0.0739. The van der Waals surface area contributed by atoms with Gasteiger partial charge in [-0.1, -0.05) is 13.0 Å². The van der Waals surface area contributed by atoms with Crippen molar-refractivity contribution >= 4 is 45.0 Å². The number of aromatic hydroxyl groups is 1. The number of nitrogens with zero attached hydrogens (tertiary/aromatic N) is 8. The van der Waals surface area contributed by atoms with E-state index in [1.165, 1.54) is 30.3 Å². The van der Waals surface area contributed by atoms with E-state index in [-0.39, 0.29) is 96.9 Å². The monoisotopic (exact) mass is 1070 g/mol. The Morgan fingerprint density at radius 1 is 0.740 bits per heavy atom.